The van der Waals surface area contributed by atoms with Crippen LogP contribution in [0.2, 0.25) is 0 Å². The Morgan fingerprint density at radius 2 is 1.08 bits per heavy atom. The van der Waals surface area contributed by atoms with E-state index in [1.165, 1.54) is 0 Å². The Labute approximate surface area is 305 Å². The number of nitrogens with zero attached hydrogens (tertiary/aromatic N) is 4. The summed E-state index contributed by atoms with van der Waals surface area (Å²) in [5, 5.41) is 2.79. The van der Waals surface area contributed by atoms with Crippen molar-refractivity contribution in [3.63, 3.8) is 0 Å². The molecule has 7 aromatic carbocycles. The molecule has 0 radical (unpaired) electrons. The molecule has 3 heterocycles. The first-order valence-corrected chi connectivity index (χ1v) is 16.8. The number of fused-ring (bicyclic) bond motifs is 6. The maximum atomic E-state index is 9.19. The van der Waals surface area contributed by atoms with Gasteiger partial charge in [0.05, 0.1) is 23.4 Å². The Morgan fingerprint density at radius 3 is 1.94 bits per heavy atom. The van der Waals surface area contributed by atoms with Crippen molar-refractivity contribution in [2.75, 3.05) is 0 Å². The highest BCUT2D eigenvalue weighted by molar-refractivity contribution is 7.25. The molecule has 0 aliphatic carbocycles. The molecule has 0 fully saturated rings. The van der Waals surface area contributed by atoms with Crippen LogP contribution < -0.4 is 0 Å². The van der Waals surface area contributed by atoms with Gasteiger partial charge in [0.2, 0.25) is 5.95 Å². The fourth-order valence-electron chi connectivity index (χ4n) is 6.51. The summed E-state index contributed by atoms with van der Waals surface area (Å²) in [5.74, 6) is 0.708. The quantitative estimate of drug-likeness (QED) is 0.184. The summed E-state index contributed by atoms with van der Waals surface area (Å²) in [6.07, 6.45) is 0. The molecule has 0 aliphatic rings. The average Bonchev–Trinajstić information content (AvgIpc) is 3.82. The minimum absolute atomic E-state index is 0.0268. The zero-order valence-corrected chi connectivity index (χ0v) is 27.0. The van der Waals surface area contributed by atoms with Gasteiger partial charge in [-0.1, -0.05) is 133 Å². The molecule has 0 unspecified atom stereocenters. The Balaban J connectivity index is 1.28. The summed E-state index contributed by atoms with van der Waals surface area (Å²) in [6, 6.07) is 33.2. The van der Waals surface area contributed by atoms with Crippen LogP contribution >= 0.6 is 11.3 Å². The maximum Gasteiger partial charge on any atom is 0.238 e. The van der Waals surface area contributed by atoms with Gasteiger partial charge in [0.25, 0.3) is 0 Å². The lowest BCUT2D eigenvalue weighted by atomic mass is 10.0. The van der Waals surface area contributed by atoms with E-state index >= 15 is 0 Å². The lowest BCUT2D eigenvalue weighted by Gasteiger charge is -2.12. The number of hydrogen-bond acceptors (Lipinski definition) is 4. The lowest BCUT2D eigenvalue weighted by molar-refractivity contribution is 0.954. The van der Waals surface area contributed by atoms with Gasteiger partial charge in [-0.05, 0) is 58.6 Å². The molecular weight excluding hydrogens is 629 g/mol. The van der Waals surface area contributed by atoms with E-state index in [1.807, 2.05) is 84.9 Å². The summed E-state index contributed by atoms with van der Waals surface area (Å²) in [5.41, 5.74) is 4.15. The summed E-state index contributed by atoms with van der Waals surface area (Å²) in [4.78, 5) is 15.1. The molecule has 5 heteroatoms. The second kappa shape index (κ2) is 11.6. The van der Waals surface area contributed by atoms with Crippen LogP contribution in [0.1, 0.15) is 12.3 Å². The number of rotatable bonds is 5. The van der Waals surface area contributed by atoms with E-state index in [0.717, 1.165) is 31.3 Å². The van der Waals surface area contributed by atoms with E-state index in [0.29, 0.717) is 33.7 Å². The summed E-state index contributed by atoms with van der Waals surface area (Å²) in [7, 11) is 0. The van der Waals surface area contributed by atoms with Gasteiger partial charge >= 0.3 is 0 Å². The predicted molar refractivity (Wildman–Crippen MR) is 209 cm³/mol. The zero-order chi connectivity index (χ0) is 40.9. The molecule has 0 saturated heterocycles. The van der Waals surface area contributed by atoms with E-state index in [1.54, 1.807) is 34.1 Å². The van der Waals surface area contributed by atoms with E-state index in [4.69, 9.17) is 25.9 Å². The van der Waals surface area contributed by atoms with Crippen molar-refractivity contribution in [3.8, 4) is 51.0 Å². The van der Waals surface area contributed by atoms with Crippen molar-refractivity contribution < 1.29 is 12.3 Å². The van der Waals surface area contributed by atoms with Gasteiger partial charge in [-0.2, -0.15) is 9.97 Å². The summed E-state index contributed by atoms with van der Waals surface area (Å²) < 4.78 is 81.6. The first-order valence-electron chi connectivity index (χ1n) is 20.5. The largest absolute Gasteiger partial charge is 0.278 e. The summed E-state index contributed by atoms with van der Waals surface area (Å²) >= 11 is 1.69. The minimum Gasteiger partial charge on any atom is -0.278 e. The maximum absolute atomic E-state index is 9.19. The highest BCUT2D eigenvalue weighted by atomic mass is 32.1. The van der Waals surface area contributed by atoms with Crippen molar-refractivity contribution in [1.29, 1.82) is 0 Å². The van der Waals surface area contributed by atoms with Crippen LogP contribution in [0, 0.1) is 0 Å². The van der Waals surface area contributed by atoms with Crippen LogP contribution in [-0.4, -0.2) is 19.5 Å². The molecule has 234 valence electrons. The number of hydrogen-bond donors (Lipinski definition) is 0. The van der Waals surface area contributed by atoms with E-state index in [-0.39, 0.29) is 52.1 Å². The Hall–Kier alpha value is -6.43. The highest BCUT2D eigenvalue weighted by Crippen LogP contribution is 2.38. The smallest absolute Gasteiger partial charge is 0.238 e. The third-order valence-electron chi connectivity index (χ3n) is 8.90. The van der Waals surface area contributed by atoms with Gasteiger partial charge in [0.1, 0.15) is 0 Å². The first kappa shape index (κ1) is 20.8. The minimum atomic E-state index is -0.515. The molecule has 50 heavy (non-hydrogen) atoms. The molecule has 10 rings (SSSR count). The van der Waals surface area contributed by atoms with E-state index < -0.39 is 30.2 Å². The Morgan fingerprint density at radius 1 is 0.420 bits per heavy atom. The molecule has 4 nitrogen and oxygen atoms in total. The van der Waals surface area contributed by atoms with Gasteiger partial charge in [0, 0.05) is 42.1 Å². The number of thiophene rings is 1. The molecule has 0 aliphatic heterocycles. The van der Waals surface area contributed by atoms with Crippen LogP contribution in [0.25, 0.3) is 93.0 Å². The average molecular weight is 666 g/mol. The number of para-hydroxylation sites is 1. The lowest BCUT2D eigenvalue weighted by Crippen LogP contribution is -2.06. The van der Waals surface area contributed by atoms with Gasteiger partial charge in [-0.15, -0.1) is 11.3 Å². The normalized spacial score (nSPS) is 14.1. The van der Waals surface area contributed by atoms with Crippen molar-refractivity contribution in [2.24, 2.45) is 0 Å². The van der Waals surface area contributed by atoms with E-state index in [2.05, 4.69) is 12.1 Å². The molecule has 0 N–H and O–H groups in total. The van der Waals surface area contributed by atoms with Gasteiger partial charge in [-0.3, -0.25) is 4.57 Å². The van der Waals surface area contributed by atoms with Crippen molar-refractivity contribution >= 4 is 53.3 Å². The standard InChI is InChI=1S/C45H28N4S/c1-3-11-29(12-4-1)31-19-21-32(22-20-31)43-46-44(34-24-26-42-38(27-34)37-16-8-10-18-41(37)50-42)48-45(47-43)49-39-17-9-7-15-35(39)36-25-23-33(28-40(36)49)30-13-5-2-6-14-30/h1-28H/i2D,5D,6D,7D,9D,13D,14D,15D,17D. The molecule has 10 aromatic rings. The molecule has 0 atom stereocenters. The van der Waals surface area contributed by atoms with Crippen molar-refractivity contribution in [1.82, 2.24) is 19.5 Å². The molecular formula is C45H28N4S. The highest BCUT2D eigenvalue weighted by Gasteiger charge is 2.19. The molecule has 3 aromatic heterocycles. The Kier molecular flexibility index (Phi) is 4.84. The van der Waals surface area contributed by atoms with Crippen molar-refractivity contribution in [3.05, 3.63) is 170 Å². The van der Waals surface area contributed by atoms with Gasteiger partial charge < -0.3 is 0 Å². The second-order valence-corrected chi connectivity index (χ2v) is 12.9. The topological polar surface area (TPSA) is 43.6 Å². The van der Waals surface area contributed by atoms with Crippen LogP contribution in [0.5, 0.6) is 0 Å². The third-order valence-corrected chi connectivity index (χ3v) is 10.0. The zero-order valence-electron chi connectivity index (χ0n) is 35.2. The van der Waals surface area contributed by atoms with Crippen molar-refractivity contribution in [2.45, 2.75) is 0 Å². The summed E-state index contributed by atoms with van der Waals surface area (Å²) in [6.45, 7) is 0. The predicted octanol–water partition coefficient (Wildman–Crippen LogP) is 12.0. The molecule has 0 spiro atoms. The molecule has 0 amide bonds. The van der Waals surface area contributed by atoms with Gasteiger partial charge in [-0.25, -0.2) is 4.98 Å². The molecule has 0 bridgehead atoms. The van der Waals surface area contributed by atoms with Crippen LogP contribution in [0.3, 0.4) is 0 Å². The van der Waals surface area contributed by atoms with Gasteiger partial charge in [0.15, 0.2) is 11.6 Å². The van der Waals surface area contributed by atoms with Crippen LogP contribution in [-0.2, 0) is 0 Å². The first-order chi connectivity index (χ1) is 28.5. The number of benzene rings is 7. The van der Waals surface area contributed by atoms with Crippen LogP contribution in [0.15, 0.2) is 170 Å². The SMILES string of the molecule is [2H]c1c([2H])c([2H])c(-c2ccc3c4c([2H])c([2H])c([2H])c([2H])c4n(-c4nc(-c5ccc(-c6ccccc6)cc5)nc(-c5ccc6sc7ccccc7c6c5)n4)c3c2)c([2H])c1[2H]. The molecule has 0 saturated carbocycles. The fraction of sp³-hybridized carbons (Fsp3) is 0. The van der Waals surface area contributed by atoms with Crippen LogP contribution in [0.4, 0.5) is 0 Å². The van der Waals surface area contributed by atoms with E-state index in [9.17, 15) is 1.37 Å². The number of aromatic nitrogens is 4. The fourth-order valence-corrected chi connectivity index (χ4v) is 7.59. The third kappa shape index (κ3) is 4.79. The second-order valence-electron chi connectivity index (χ2n) is 11.8. The monoisotopic (exact) mass is 665 g/mol. The Bertz CT molecular complexity index is 3350.